The molecular weight excluding hydrogens is 486 g/mol. The van der Waals surface area contributed by atoms with Gasteiger partial charge >= 0.3 is 0 Å². The summed E-state index contributed by atoms with van der Waals surface area (Å²) < 4.78 is 7.04. The van der Waals surface area contributed by atoms with Gasteiger partial charge in [0, 0.05) is 33.3 Å². The lowest BCUT2D eigenvalue weighted by atomic mass is 10.1. The molecule has 13 heteroatoms. The fourth-order valence-electron chi connectivity index (χ4n) is 4.56. The lowest BCUT2D eigenvalue weighted by Gasteiger charge is -2.17. The molecule has 7 N–H and O–H groups in total. The maximum atomic E-state index is 12.9. The molecule has 0 unspecified atom stereocenters. The van der Waals surface area contributed by atoms with Crippen molar-refractivity contribution >= 4 is 45.6 Å². The number of nitrogens with one attached hydrogen (secondary N) is 3. The molecule has 0 atom stereocenters. The highest BCUT2D eigenvalue weighted by Crippen LogP contribution is 2.34. The van der Waals surface area contributed by atoms with Crippen LogP contribution in [-0.2, 0) is 7.05 Å². The third-order valence-electron chi connectivity index (χ3n) is 6.32. The summed E-state index contributed by atoms with van der Waals surface area (Å²) in [5.41, 5.74) is 9.08. The van der Waals surface area contributed by atoms with Crippen LogP contribution in [0.3, 0.4) is 0 Å². The summed E-state index contributed by atoms with van der Waals surface area (Å²) in [6.07, 6.45) is 4.26. The fraction of sp³-hybridized carbons (Fsp3) is 0.280. The summed E-state index contributed by atoms with van der Waals surface area (Å²) in [5, 5.41) is 15.2. The second kappa shape index (κ2) is 10.3. The summed E-state index contributed by atoms with van der Waals surface area (Å²) in [6.45, 7) is 2.10. The standard InChI is InChI=1S/C25H31N11O2/c1-34-25(37)21-18(29-17-8-6-7-16(22(17)38-3)23(26)32-35(2)27)13-20(31-24(21)33-34)30-19-10-9-15(14-28-19)36-11-4-5-12-36/h6-10,13-14H,4-5,11-12,27H2,1-3H3,(H2,26,32)(H3,28,29,30,31,33). The first-order valence-electron chi connectivity index (χ1n) is 12.2. The van der Waals surface area contributed by atoms with E-state index in [0.717, 1.165) is 23.9 Å². The molecule has 4 aromatic rings. The zero-order valence-electron chi connectivity index (χ0n) is 21.5. The van der Waals surface area contributed by atoms with E-state index in [1.807, 2.05) is 24.4 Å². The second-order valence-electron chi connectivity index (χ2n) is 9.05. The molecule has 13 nitrogen and oxygen atoms in total. The minimum Gasteiger partial charge on any atom is -0.494 e. The van der Waals surface area contributed by atoms with E-state index in [1.54, 1.807) is 32.3 Å². The molecule has 1 fully saturated rings. The Bertz CT molecular complexity index is 1530. The minimum absolute atomic E-state index is 0.179. The van der Waals surface area contributed by atoms with Crippen LogP contribution in [-0.4, -0.2) is 57.9 Å². The van der Waals surface area contributed by atoms with Crippen LogP contribution in [0.1, 0.15) is 18.4 Å². The van der Waals surface area contributed by atoms with Crippen LogP contribution in [0.4, 0.5) is 28.7 Å². The maximum absolute atomic E-state index is 12.9. The number of hydrogen-bond acceptors (Lipinski definition) is 10. The van der Waals surface area contributed by atoms with Crippen LogP contribution < -0.4 is 37.4 Å². The van der Waals surface area contributed by atoms with Crippen LogP contribution >= 0.6 is 0 Å². The van der Waals surface area contributed by atoms with Gasteiger partial charge in [0.25, 0.3) is 5.56 Å². The summed E-state index contributed by atoms with van der Waals surface area (Å²) in [6, 6.07) is 11.1. The van der Waals surface area contributed by atoms with Gasteiger partial charge in [0.15, 0.2) is 17.2 Å². The largest absolute Gasteiger partial charge is 0.494 e. The molecule has 38 heavy (non-hydrogen) atoms. The van der Waals surface area contributed by atoms with Gasteiger partial charge in [-0.3, -0.25) is 14.6 Å². The number of aromatic amines is 1. The second-order valence-corrected chi connectivity index (χ2v) is 9.05. The van der Waals surface area contributed by atoms with Crippen LogP contribution in [0.5, 0.6) is 5.75 Å². The molecular formula is C25H31N11O2. The van der Waals surface area contributed by atoms with Crippen molar-refractivity contribution in [1.29, 1.82) is 0 Å². The van der Waals surface area contributed by atoms with Crippen molar-refractivity contribution in [3.63, 3.8) is 0 Å². The highest BCUT2D eigenvalue weighted by atomic mass is 16.5. The first kappa shape index (κ1) is 24.9. The van der Waals surface area contributed by atoms with Crippen LogP contribution in [0.15, 0.2) is 52.5 Å². The number of fused-ring (bicyclic) bond motifs is 1. The number of ether oxygens (including phenoxy) is 1. The topological polar surface area (TPSA) is 168 Å². The van der Waals surface area contributed by atoms with Crippen molar-refractivity contribution in [2.75, 3.05) is 42.8 Å². The summed E-state index contributed by atoms with van der Waals surface area (Å²) in [4.78, 5) is 24.4. The molecule has 0 bridgehead atoms. The number of hydrazine groups is 1. The third-order valence-corrected chi connectivity index (χ3v) is 6.32. The average molecular weight is 518 g/mol. The molecule has 0 spiro atoms. The van der Waals surface area contributed by atoms with E-state index in [0.29, 0.717) is 45.4 Å². The lowest BCUT2D eigenvalue weighted by molar-refractivity contribution is 0.371. The number of pyridine rings is 2. The maximum Gasteiger partial charge on any atom is 0.277 e. The smallest absolute Gasteiger partial charge is 0.277 e. The Morgan fingerprint density at radius 3 is 2.63 bits per heavy atom. The first-order valence-corrected chi connectivity index (χ1v) is 12.2. The number of anilines is 5. The van der Waals surface area contributed by atoms with Crippen molar-refractivity contribution in [2.45, 2.75) is 12.8 Å². The van der Waals surface area contributed by atoms with Gasteiger partial charge in [0.05, 0.1) is 35.9 Å². The van der Waals surface area contributed by atoms with Crippen molar-refractivity contribution < 1.29 is 4.74 Å². The minimum atomic E-state index is -0.226. The number of hydrogen-bond donors (Lipinski definition) is 5. The van der Waals surface area contributed by atoms with E-state index in [4.69, 9.17) is 16.3 Å². The van der Waals surface area contributed by atoms with Crippen LogP contribution in [0, 0.1) is 0 Å². The molecule has 1 aliphatic heterocycles. The number of hydrazone groups is 1. The molecule has 0 amide bonds. The highest BCUT2D eigenvalue weighted by molar-refractivity contribution is 6.02. The molecule has 0 radical (unpaired) electrons. The number of amidine groups is 1. The van der Waals surface area contributed by atoms with Crippen molar-refractivity contribution in [1.82, 2.24) is 24.9 Å². The van der Waals surface area contributed by atoms with E-state index in [9.17, 15) is 4.79 Å². The summed E-state index contributed by atoms with van der Waals surface area (Å²) in [5.74, 6) is 7.40. The number of nitrogens with two attached hydrogens (primary N) is 2. The average Bonchev–Trinajstić information content (AvgIpc) is 3.52. The highest BCUT2D eigenvalue weighted by Gasteiger charge is 2.18. The molecule has 5 rings (SSSR count). The monoisotopic (exact) mass is 517 g/mol. The van der Waals surface area contributed by atoms with Gasteiger partial charge < -0.3 is 26.0 Å². The lowest BCUT2D eigenvalue weighted by Crippen LogP contribution is -2.26. The van der Waals surface area contributed by atoms with Gasteiger partial charge in [0.1, 0.15) is 17.0 Å². The van der Waals surface area contributed by atoms with Crippen molar-refractivity contribution in [3.05, 3.63) is 58.5 Å². The number of H-pyrrole nitrogens is 1. The Morgan fingerprint density at radius 1 is 1.16 bits per heavy atom. The van der Waals surface area contributed by atoms with Crippen molar-refractivity contribution in [2.24, 2.45) is 23.7 Å². The quantitative estimate of drug-likeness (QED) is 0.101. The number of para-hydroxylation sites is 1. The third kappa shape index (κ3) is 4.91. The molecule has 1 saturated heterocycles. The van der Waals surface area contributed by atoms with E-state index in [1.165, 1.54) is 24.6 Å². The SMILES string of the molecule is COc1c(Nc2cc(Nc3ccc(N4CCCC4)cn3)nc3[nH]n(C)c(=O)c23)cccc1/C(N)=N/N(C)N. The van der Waals surface area contributed by atoms with Crippen molar-refractivity contribution in [3.8, 4) is 5.75 Å². The Balaban J connectivity index is 1.51. The molecule has 0 saturated carbocycles. The van der Waals surface area contributed by atoms with Gasteiger partial charge in [-0.2, -0.15) is 0 Å². The van der Waals surface area contributed by atoms with Gasteiger partial charge in [-0.05, 0) is 37.1 Å². The normalized spacial score (nSPS) is 13.7. The Hall–Kier alpha value is -4.78. The summed E-state index contributed by atoms with van der Waals surface area (Å²) >= 11 is 0. The molecule has 1 aliphatic rings. The predicted octanol–water partition coefficient (Wildman–Crippen LogP) is 2.18. The van der Waals surface area contributed by atoms with E-state index in [-0.39, 0.29) is 11.4 Å². The number of methoxy groups -OCH3 is 1. The number of nitrogens with zero attached hydrogens (tertiary/aromatic N) is 6. The van der Waals surface area contributed by atoms with E-state index < -0.39 is 0 Å². The predicted molar refractivity (Wildman–Crippen MR) is 149 cm³/mol. The number of aromatic nitrogens is 4. The Labute approximate surface area is 219 Å². The van der Waals surface area contributed by atoms with Gasteiger partial charge in [-0.15, -0.1) is 5.10 Å². The molecule has 3 aromatic heterocycles. The van der Waals surface area contributed by atoms with Crippen LogP contribution in [0.2, 0.25) is 0 Å². The van der Waals surface area contributed by atoms with Gasteiger partial charge in [-0.25, -0.2) is 20.9 Å². The summed E-state index contributed by atoms with van der Waals surface area (Å²) in [7, 11) is 4.74. The van der Waals surface area contributed by atoms with E-state index >= 15 is 0 Å². The zero-order valence-corrected chi connectivity index (χ0v) is 21.5. The molecule has 4 heterocycles. The number of benzene rings is 1. The molecule has 198 valence electrons. The molecule has 1 aromatic carbocycles. The van der Waals surface area contributed by atoms with Gasteiger partial charge in [-0.1, -0.05) is 6.07 Å². The Kier molecular flexibility index (Phi) is 6.75. The fourth-order valence-corrected chi connectivity index (χ4v) is 4.56. The Morgan fingerprint density at radius 2 is 1.95 bits per heavy atom. The number of aryl methyl sites for hydroxylation is 1. The first-order chi connectivity index (χ1) is 18.3. The van der Waals surface area contributed by atoms with Gasteiger partial charge in [0.2, 0.25) is 0 Å². The number of rotatable bonds is 8. The zero-order chi connectivity index (χ0) is 26.8. The van der Waals surface area contributed by atoms with E-state index in [2.05, 4.69) is 35.7 Å². The molecule has 0 aliphatic carbocycles. The van der Waals surface area contributed by atoms with Crippen LogP contribution in [0.25, 0.3) is 11.0 Å².